The molecule has 2 rings (SSSR count). The molecule has 0 bridgehead atoms. The van der Waals surface area contributed by atoms with Gasteiger partial charge in [0, 0.05) is 10.2 Å². The van der Waals surface area contributed by atoms with E-state index in [-0.39, 0.29) is 5.91 Å². The van der Waals surface area contributed by atoms with Crippen molar-refractivity contribution in [2.75, 3.05) is 18.4 Å². The number of anilines is 1. The molecule has 1 aromatic rings. The Bertz CT molecular complexity index is 430. The van der Waals surface area contributed by atoms with E-state index in [1.165, 1.54) is 38.5 Å². The summed E-state index contributed by atoms with van der Waals surface area (Å²) in [6.07, 6.45) is 8.11. The lowest BCUT2D eigenvalue weighted by Crippen LogP contribution is -2.28. The summed E-state index contributed by atoms with van der Waals surface area (Å²) in [7, 11) is 0. The fourth-order valence-electron chi connectivity index (χ4n) is 2.79. The maximum absolute atomic E-state index is 11.8. The number of carbonyl (C=O) groups excluding carboxylic acids is 1. The Labute approximate surface area is 129 Å². The van der Waals surface area contributed by atoms with Crippen molar-refractivity contribution in [3.05, 3.63) is 28.7 Å². The Kier molecular flexibility index (Phi) is 6.54. The zero-order chi connectivity index (χ0) is 14.2. The van der Waals surface area contributed by atoms with Gasteiger partial charge >= 0.3 is 0 Å². The first-order valence-corrected chi connectivity index (χ1v) is 8.29. The third kappa shape index (κ3) is 5.63. The summed E-state index contributed by atoms with van der Waals surface area (Å²) in [5.41, 5.74) is 0.831. The molecule has 0 unspecified atom stereocenters. The number of hydrogen-bond donors (Lipinski definition) is 2. The van der Waals surface area contributed by atoms with Gasteiger partial charge in [0.25, 0.3) is 0 Å². The maximum atomic E-state index is 11.8. The summed E-state index contributed by atoms with van der Waals surface area (Å²) in [4.78, 5) is 11.8. The summed E-state index contributed by atoms with van der Waals surface area (Å²) in [5, 5.41) is 6.10. The van der Waals surface area contributed by atoms with E-state index in [0.717, 1.165) is 22.6 Å². The summed E-state index contributed by atoms with van der Waals surface area (Å²) < 4.78 is 0.972. The third-order valence-electron chi connectivity index (χ3n) is 3.83. The maximum Gasteiger partial charge on any atom is 0.238 e. The van der Waals surface area contributed by atoms with Gasteiger partial charge in [-0.1, -0.05) is 47.7 Å². The molecular formula is C16H23BrN2O. The van der Waals surface area contributed by atoms with Crippen molar-refractivity contribution < 1.29 is 4.79 Å². The minimum absolute atomic E-state index is 0.0176. The van der Waals surface area contributed by atoms with Gasteiger partial charge in [-0.2, -0.15) is 0 Å². The van der Waals surface area contributed by atoms with Gasteiger partial charge in [-0.05, 0) is 43.5 Å². The first-order valence-electron chi connectivity index (χ1n) is 7.50. The number of hydrogen-bond acceptors (Lipinski definition) is 2. The first-order chi connectivity index (χ1) is 9.74. The van der Waals surface area contributed by atoms with Gasteiger partial charge in [0.2, 0.25) is 5.91 Å². The predicted molar refractivity (Wildman–Crippen MR) is 86.8 cm³/mol. The van der Waals surface area contributed by atoms with Crippen LogP contribution in [0.2, 0.25) is 0 Å². The summed E-state index contributed by atoms with van der Waals surface area (Å²) >= 11 is 3.39. The molecule has 1 aliphatic rings. The van der Waals surface area contributed by atoms with Crippen LogP contribution in [-0.4, -0.2) is 19.0 Å². The van der Waals surface area contributed by atoms with Gasteiger partial charge in [-0.15, -0.1) is 0 Å². The zero-order valence-corrected chi connectivity index (χ0v) is 13.4. The van der Waals surface area contributed by atoms with E-state index in [9.17, 15) is 4.79 Å². The van der Waals surface area contributed by atoms with Gasteiger partial charge < -0.3 is 10.6 Å². The molecule has 1 amide bonds. The zero-order valence-electron chi connectivity index (χ0n) is 11.8. The quantitative estimate of drug-likeness (QED) is 0.739. The molecule has 0 spiro atoms. The van der Waals surface area contributed by atoms with E-state index in [4.69, 9.17) is 0 Å². The molecule has 0 atom stereocenters. The topological polar surface area (TPSA) is 41.1 Å². The van der Waals surface area contributed by atoms with Crippen molar-refractivity contribution in [1.29, 1.82) is 0 Å². The fraction of sp³-hybridized carbons (Fsp3) is 0.562. The van der Waals surface area contributed by atoms with Gasteiger partial charge in [0.15, 0.2) is 0 Å². The normalized spacial score (nSPS) is 15.4. The lowest BCUT2D eigenvalue weighted by atomic mass is 10.0. The van der Waals surface area contributed by atoms with Gasteiger partial charge in [0.05, 0.1) is 6.54 Å². The first kappa shape index (κ1) is 15.5. The Hall–Kier alpha value is -0.870. The molecule has 0 heterocycles. The molecular weight excluding hydrogens is 316 g/mol. The van der Waals surface area contributed by atoms with Crippen molar-refractivity contribution in [1.82, 2.24) is 5.32 Å². The van der Waals surface area contributed by atoms with E-state index < -0.39 is 0 Å². The summed E-state index contributed by atoms with van der Waals surface area (Å²) in [6, 6.07) is 7.65. The monoisotopic (exact) mass is 338 g/mol. The van der Waals surface area contributed by atoms with Crippen LogP contribution in [0.4, 0.5) is 5.69 Å². The lowest BCUT2D eigenvalue weighted by molar-refractivity contribution is -0.115. The molecule has 2 N–H and O–H groups in total. The van der Waals surface area contributed by atoms with E-state index >= 15 is 0 Å². The second-order valence-corrected chi connectivity index (χ2v) is 6.44. The summed E-state index contributed by atoms with van der Waals surface area (Å²) in [5.74, 6) is 0.955. The van der Waals surface area contributed by atoms with Crippen LogP contribution in [0.25, 0.3) is 0 Å². The van der Waals surface area contributed by atoms with Crippen LogP contribution < -0.4 is 10.6 Å². The van der Waals surface area contributed by atoms with Crippen LogP contribution >= 0.6 is 15.9 Å². The molecule has 0 saturated heterocycles. The molecule has 1 saturated carbocycles. The van der Waals surface area contributed by atoms with Crippen LogP contribution in [0.3, 0.4) is 0 Å². The number of halogens is 1. The minimum atomic E-state index is 0.0176. The van der Waals surface area contributed by atoms with Crippen LogP contribution in [0.5, 0.6) is 0 Å². The average Bonchev–Trinajstić information content (AvgIpc) is 2.91. The summed E-state index contributed by atoms with van der Waals surface area (Å²) in [6.45, 7) is 1.32. The molecule has 4 heteroatoms. The number of amides is 1. The highest BCUT2D eigenvalue weighted by Crippen LogP contribution is 2.28. The molecule has 3 nitrogen and oxygen atoms in total. The molecule has 1 aliphatic carbocycles. The van der Waals surface area contributed by atoms with Crippen molar-refractivity contribution in [3.8, 4) is 0 Å². The van der Waals surface area contributed by atoms with Crippen LogP contribution in [0.15, 0.2) is 28.7 Å². The predicted octanol–water partition coefficient (Wildman–Crippen LogP) is 3.95. The Morgan fingerprint density at radius 1 is 1.30 bits per heavy atom. The second-order valence-electron chi connectivity index (χ2n) is 5.53. The van der Waals surface area contributed by atoms with Crippen LogP contribution in [0.1, 0.15) is 38.5 Å². The SMILES string of the molecule is O=C(CNCCCC1CCCC1)Nc1cccc(Br)c1. The van der Waals surface area contributed by atoms with Crippen LogP contribution in [-0.2, 0) is 4.79 Å². The third-order valence-corrected chi connectivity index (χ3v) is 4.33. The number of nitrogens with one attached hydrogen (secondary N) is 2. The van der Waals surface area contributed by atoms with Crippen molar-refractivity contribution >= 4 is 27.5 Å². The smallest absolute Gasteiger partial charge is 0.238 e. The van der Waals surface area contributed by atoms with E-state index in [2.05, 4.69) is 26.6 Å². The molecule has 1 aromatic carbocycles. The highest BCUT2D eigenvalue weighted by atomic mass is 79.9. The van der Waals surface area contributed by atoms with Crippen molar-refractivity contribution in [2.45, 2.75) is 38.5 Å². The van der Waals surface area contributed by atoms with E-state index in [0.29, 0.717) is 6.54 Å². The average molecular weight is 339 g/mol. The second kappa shape index (κ2) is 8.42. The Morgan fingerprint density at radius 3 is 2.85 bits per heavy atom. The molecule has 0 aliphatic heterocycles. The molecule has 0 radical (unpaired) electrons. The largest absolute Gasteiger partial charge is 0.325 e. The Balaban J connectivity index is 1.55. The van der Waals surface area contributed by atoms with Crippen molar-refractivity contribution in [2.24, 2.45) is 5.92 Å². The molecule has 110 valence electrons. The molecule has 20 heavy (non-hydrogen) atoms. The minimum Gasteiger partial charge on any atom is -0.325 e. The number of benzene rings is 1. The molecule has 1 fully saturated rings. The molecule has 0 aromatic heterocycles. The highest BCUT2D eigenvalue weighted by molar-refractivity contribution is 9.10. The fourth-order valence-corrected chi connectivity index (χ4v) is 3.19. The number of rotatable bonds is 7. The number of carbonyl (C=O) groups is 1. The van der Waals surface area contributed by atoms with E-state index in [1.54, 1.807) is 0 Å². The Morgan fingerprint density at radius 2 is 2.10 bits per heavy atom. The van der Waals surface area contributed by atoms with Gasteiger partial charge in [0.1, 0.15) is 0 Å². The highest BCUT2D eigenvalue weighted by Gasteiger charge is 2.13. The van der Waals surface area contributed by atoms with E-state index in [1.807, 2.05) is 24.3 Å². The lowest BCUT2D eigenvalue weighted by Gasteiger charge is -2.09. The van der Waals surface area contributed by atoms with Crippen LogP contribution in [0, 0.1) is 5.92 Å². The van der Waals surface area contributed by atoms with Gasteiger partial charge in [-0.25, -0.2) is 0 Å². The standard InChI is InChI=1S/C16H23BrN2O/c17-14-8-3-9-15(11-14)19-16(20)12-18-10-4-7-13-5-1-2-6-13/h3,8-9,11,13,18H,1-2,4-7,10,12H2,(H,19,20). The van der Waals surface area contributed by atoms with Gasteiger partial charge in [-0.3, -0.25) is 4.79 Å². The van der Waals surface area contributed by atoms with Crippen molar-refractivity contribution in [3.63, 3.8) is 0 Å².